The van der Waals surface area contributed by atoms with Crippen LogP contribution in [0.15, 0.2) is 59.7 Å². The summed E-state index contributed by atoms with van der Waals surface area (Å²) in [5.74, 6) is -0.643. The Hall–Kier alpha value is -3.93. The van der Waals surface area contributed by atoms with E-state index in [1.165, 1.54) is 32.2 Å². The molecule has 0 saturated carbocycles. The molecule has 3 heterocycles. The van der Waals surface area contributed by atoms with Crippen LogP contribution in [-0.2, 0) is 19.1 Å². The van der Waals surface area contributed by atoms with Crippen molar-refractivity contribution in [2.24, 2.45) is 0 Å². The lowest BCUT2D eigenvalue weighted by molar-refractivity contribution is -0.137. The van der Waals surface area contributed by atoms with Gasteiger partial charge in [0, 0.05) is 36.0 Å². The second kappa shape index (κ2) is 10.2. The number of carbonyl (C=O) groups excluding carboxylic acids is 1. The Morgan fingerprint density at radius 1 is 1.12 bits per heavy atom. The highest BCUT2D eigenvalue weighted by Gasteiger charge is 2.36. The molecule has 0 saturated heterocycles. The lowest BCUT2D eigenvalue weighted by Gasteiger charge is -2.33. The van der Waals surface area contributed by atoms with Crippen LogP contribution in [0.5, 0.6) is 5.75 Å². The quantitative estimate of drug-likeness (QED) is 0.273. The second-order valence-electron chi connectivity index (χ2n) is 9.53. The molecule has 1 amide bonds. The number of halogens is 6. The first-order valence-corrected chi connectivity index (χ1v) is 12.6. The Balaban J connectivity index is 1.49. The highest BCUT2D eigenvalue weighted by Crippen LogP contribution is 2.36. The topological polar surface area (TPSA) is 68.8 Å². The molecule has 1 aliphatic rings. The minimum absolute atomic E-state index is 0.0134. The number of hydrogen-bond donors (Lipinski definition) is 0. The Morgan fingerprint density at radius 3 is 2.48 bits per heavy atom. The number of rotatable bonds is 5. The van der Waals surface area contributed by atoms with Crippen molar-refractivity contribution in [3.8, 4) is 5.75 Å². The van der Waals surface area contributed by atoms with Crippen molar-refractivity contribution in [2.45, 2.75) is 51.7 Å². The van der Waals surface area contributed by atoms with Crippen LogP contribution < -0.4 is 10.3 Å². The number of nitrogens with zero attached hydrogens (tertiary/aromatic N) is 4. The zero-order chi connectivity index (χ0) is 28.9. The van der Waals surface area contributed by atoms with E-state index in [2.05, 4.69) is 9.84 Å². The third-order valence-electron chi connectivity index (χ3n) is 7.03. The summed E-state index contributed by atoms with van der Waals surface area (Å²) in [6.07, 6.45) is -1.27. The van der Waals surface area contributed by atoms with Gasteiger partial charge in [-0.2, -0.15) is 27.1 Å². The van der Waals surface area contributed by atoms with E-state index in [-0.39, 0.29) is 23.4 Å². The van der Waals surface area contributed by atoms with E-state index in [1.54, 1.807) is 38.4 Å². The van der Waals surface area contributed by atoms with Crippen molar-refractivity contribution in [1.29, 1.82) is 0 Å². The molecule has 4 aromatic rings. The molecule has 210 valence electrons. The third-order valence-corrected chi connectivity index (χ3v) is 7.36. The lowest BCUT2D eigenvalue weighted by Crippen LogP contribution is -2.42. The minimum Gasteiger partial charge on any atom is -0.435 e. The van der Waals surface area contributed by atoms with Crippen LogP contribution in [0, 0.1) is 0 Å². The predicted molar refractivity (Wildman–Crippen MR) is 136 cm³/mol. The summed E-state index contributed by atoms with van der Waals surface area (Å²) in [6.45, 7) is 0.533. The Morgan fingerprint density at radius 2 is 1.82 bits per heavy atom. The van der Waals surface area contributed by atoms with E-state index in [9.17, 15) is 31.5 Å². The fourth-order valence-electron chi connectivity index (χ4n) is 4.93. The van der Waals surface area contributed by atoms with Gasteiger partial charge in [0.15, 0.2) is 0 Å². The summed E-state index contributed by atoms with van der Waals surface area (Å²) in [6, 6.07) is 8.05. The third kappa shape index (κ3) is 5.03. The fraction of sp³-hybridized carbons (Fsp3) is 0.296. The summed E-state index contributed by atoms with van der Waals surface area (Å²) in [5.41, 5.74) is 0.336. The molecule has 0 fully saturated rings. The number of ether oxygens (including phenoxy) is 1. The number of fused-ring (bicyclic) bond motifs is 3. The molecule has 0 radical (unpaired) electrons. The van der Waals surface area contributed by atoms with Gasteiger partial charge >= 0.3 is 12.8 Å². The first kappa shape index (κ1) is 27.6. The molecule has 1 aliphatic heterocycles. The number of alkyl halides is 5. The molecular formula is C27H22ClF5N4O3. The maximum absolute atomic E-state index is 13.6. The van der Waals surface area contributed by atoms with Gasteiger partial charge in [0.25, 0.3) is 11.5 Å². The van der Waals surface area contributed by atoms with E-state index >= 15 is 0 Å². The first-order valence-electron chi connectivity index (χ1n) is 12.2. The van der Waals surface area contributed by atoms with Gasteiger partial charge in [-0.1, -0.05) is 23.7 Å². The molecule has 13 heteroatoms. The standard InChI is InChI=1S/C27H22ClF5N4O3/c1-14-11-22-19(13-36(14)24(38)17-5-8-21(28)20(12-17)27(31,32)33)23-25(39)35(9-10-37(23)34-22)15(2)16-3-6-18(7-4-16)40-26(29)30/h3-10,12,14-15,26H,11,13H2,1-2H3/t14-,15+/m1/s1. The Bertz CT molecular complexity index is 1650. The molecule has 5 rings (SSSR count). The number of aromatic nitrogens is 3. The molecule has 0 bridgehead atoms. The van der Waals surface area contributed by atoms with Gasteiger partial charge in [-0.15, -0.1) is 0 Å². The second-order valence-corrected chi connectivity index (χ2v) is 9.94. The fourth-order valence-corrected chi connectivity index (χ4v) is 5.15. The van der Waals surface area contributed by atoms with Gasteiger partial charge in [0.05, 0.1) is 28.9 Å². The summed E-state index contributed by atoms with van der Waals surface area (Å²) in [5, 5.41) is 4.01. The number of benzene rings is 2. The van der Waals surface area contributed by atoms with Crippen LogP contribution in [-0.4, -0.2) is 37.6 Å². The molecule has 0 N–H and O–H groups in total. The molecule has 40 heavy (non-hydrogen) atoms. The van der Waals surface area contributed by atoms with Crippen molar-refractivity contribution in [1.82, 2.24) is 19.1 Å². The van der Waals surface area contributed by atoms with Gasteiger partial charge in [-0.05, 0) is 49.7 Å². The van der Waals surface area contributed by atoms with Crippen molar-refractivity contribution in [2.75, 3.05) is 0 Å². The largest absolute Gasteiger partial charge is 0.435 e. The highest BCUT2D eigenvalue weighted by atomic mass is 35.5. The van der Waals surface area contributed by atoms with E-state index in [1.807, 2.05) is 0 Å². The molecular weight excluding hydrogens is 559 g/mol. The Labute approximate surface area is 229 Å². The van der Waals surface area contributed by atoms with Gasteiger partial charge in [0.1, 0.15) is 11.3 Å². The summed E-state index contributed by atoms with van der Waals surface area (Å²) < 4.78 is 72.4. The molecule has 0 unspecified atom stereocenters. The molecule has 0 aliphatic carbocycles. The Kier molecular flexibility index (Phi) is 7.07. The number of amides is 1. The van der Waals surface area contributed by atoms with E-state index in [0.29, 0.717) is 23.2 Å². The van der Waals surface area contributed by atoms with Gasteiger partial charge in [-0.3, -0.25) is 9.59 Å². The van der Waals surface area contributed by atoms with Crippen molar-refractivity contribution < 1.29 is 31.5 Å². The van der Waals surface area contributed by atoms with Crippen LogP contribution >= 0.6 is 11.6 Å². The number of carbonyl (C=O) groups is 1. The SMILES string of the molecule is C[C@@H]1Cc2nn3ccn([C@@H](C)c4ccc(OC(F)F)cc4)c(=O)c3c2CN1C(=O)c1ccc(Cl)c(C(F)(F)F)c1. The van der Waals surface area contributed by atoms with Crippen molar-refractivity contribution in [3.05, 3.63) is 98.2 Å². The van der Waals surface area contributed by atoms with Crippen LogP contribution in [0.1, 0.15) is 52.6 Å². The highest BCUT2D eigenvalue weighted by molar-refractivity contribution is 6.31. The molecule has 2 aromatic heterocycles. The first-order chi connectivity index (χ1) is 18.8. The van der Waals surface area contributed by atoms with Crippen molar-refractivity contribution in [3.63, 3.8) is 0 Å². The smallest absolute Gasteiger partial charge is 0.417 e. The predicted octanol–water partition coefficient (Wildman–Crippen LogP) is 5.97. The molecule has 2 aromatic carbocycles. The van der Waals surface area contributed by atoms with Gasteiger partial charge in [0.2, 0.25) is 0 Å². The van der Waals surface area contributed by atoms with Gasteiger partial charge in [-0.25, -0.2) is 4.52 Å². The van der Waals surface area contributed by atoms with Crippen LogP contribution in [0.3, 0.4) is 0 Å². The normalized spacial score (nSPS) is 16.3. The zero-order valence-corrected chi connectivity index (χ0v) is 21.9. The average molecular weight is 581 g/mol. The van der Waals surface area contributed by atoms with Crippen LogP contribution in [0.4, 0.5) is 22.0 Å². The molecule has 2 atom stereocenters. The molecule has 0 spiro atoms. The monoisotopic (exact) mass is 580 g/mol. The maximum Gasteiger partial charge on any atom is 0.417 e. The van der Waals surface area contributed by atoms with Gasteiger partial charge < -0.3 is 14.2 Å². The zero-order valence-electron chi connectivity index (χ0n) is 21.1. The van der Waals surface area contributed by atoms with E-state index < -0.39 is 46.9 Å². The summed E-state index contributed by atoms with van der Waals surface area (Å²) in [7, 11) is 0. The van der Waals surface area contributed by atoms with Crippen LogP contribution in [0.25, 0.3) is 5.52 Å². The summed E-state index contributed by atoms with van der Waals surface area (Å²) in [4.78, 5) is 28.4. The van der Waals surface area contributed by atoms with E-state index in [0.717, 1.165) is 12.1 Å². The average Bonchev–Trinajstić information content (AvgIpc) is 3.25. The summed E-state index contributed by atoms with van der Waals surface area (Å²) >= 11 is 5.72. The van der Waals surface area contributed by atoms with Crippen LogP contribution in [0.2, 0.25) is 5.02 Å². The van der Waals surface area contributed by atoms with E-state index in [4.69, 9.17) is 11.6 Å². The molecule has 7 nitrogen and oxygen atoms in total. The van der Waals surface area contributed by atoms with Crippen molar-refractivity contribution >= 4 is 23.0 Å². The maximum atomic E-state index is 13.6. The number of hydrogen-bond acceptors (Lipinski definition) is 4. The lowest BCUT2D eigenvalue weighted by atomic mass is 9.98. The minimum atomic E-state index is -4.73.